The van der Waals surface area contributed by atoms with Crippen LogP contribution in [0, 0.1) is 0 Å². The zero-order valence-electron chi connectivity index (χ0n) is 15.4. The number of anilines is 2. The summed E-state index contributed by atoms with van der Waals surface area (Å²) in [6, 6.07) is 11.2. The molecule has 0 aliphatic rings. The van der Waals surface area contributed by atoms with E-state index in [0.717, 1.165) is 11.3 Å². The zero-order chi connectivity index (χ0) is 21.7. The third-order valence-electron chi connectivity index (χ3n) is 3.67. The molecular weight excluding hydrogens is 473 g/mol. The van der Waals surface area contributed by atoms with Gasteiger partial charge in [0, 0.05) is 17.2 Å². The molecule has 0 aliphatic carbocycles. The van der Waals surface area contributed by atoms with Gasteiger partial charge in [0.05, 0.1) is 22.5 Å². The van der Waals surface area contributed by atoms with Crippen LogP contribution in [0.4, 0.5) is 15.6 Å². The zero-order valence-corrected chi connectivity index (χ0v) is 18.5. The van der Waals surface area contributed by atoms with Crippen molar-refractivity contribution in [2.75, 3.05) is 18.7 Å². The number of rotatable bonds is 6. The predicted molar refractivity (Wildman–Crippen MR) is 118 cm³/mol. The van der Waals surface area contributed by atoms with E-state index >= 15 is 0 Å². The largest absolute Gasteiger partial charge is 0.415 e. The lowest BCUT2D eigenvalue weighted by Gasteiger charge is -2.20. The Morgan fingerprint density at radius 3 is 2.47 bits per heavy atom. The highest BCUT2D eigenvalue weighted by Crippen LogP contribution is 2.36. The third-order valence-corrected chi connectivity index (χ3v) is 5.33. The summed E-state index contributed by atoms with van der Waals surface area (Å²) in [6.07, 6.45) is 0.628. The molecule has 30 heavy (non-hydrogen) atoms. The van der Waals surface area contributed by atoms with Crippen molar-refractivity contribution >= 4 is 69.0 Å². The van der Waals surface area contributed by atoms with Gasteiger partial charge in [-0.1, -0.05) is 46.1 Å². The van der Waals surface area contributed by atoms with Crippen LogP contribution >= 0.6 is 46.1 Å². The van der Waals surface area contributed by atoms with Crippen LogP contribution in [0.5, 0.6) is 5.06 Å². The van der Waals surface area contributed by atoms with Crippen LogP contribution in [0.3, 0.4) is 0 Å². The number of hydrogen-bond donors (Lipinski definition) is 1. The Hall–Kier alpha value is -2.36. The summed E-state index contributed by atoms with van der Waals surface area (Å²) in [5, 5.41) is 3.95. The van der Waals surface area contributed by atoms with Crippen LogP contribution in [0.2, 0.25) is 15.1 Å². The number of benzene rings is 2. The number of nitrogens with zero attached hydrogens (tertiary/aromatic N) is 2. The Morgan fingerprint density at radius 1 is 1.10 bits per heavy atom. The Kier molecular flexibility index (Phi) is 7.52. The molecule has 1 N–H and O–H groups in total. The van der Waals surface area contributed by atoms with Gasteiger partial charge >= 0.3 is 6.09 Å². The van der Waals surface area contributed by atoms with Gasteiger partial charge in [0.15, 0.2) is 0 Å². The lowest BCUT2D eigenvalue weighted by atomic mass is 10.2. The van der Waals surface area contributed by atoms with E-state index < -0.39 is 12.0 Å². The lowest BCUT2D eigenvalue weighted by Crippen LogP contribution is -2.28. The first-order chi connectivity index (χ1) is 14.4. The van der Waals surface area contributed by atoms with E-state index in [2.05, 4.69) is 10.3 Å². The fourth-order valence-corrected chi connectivity index (χ4v) is 3.75. The van der Waals surface area contributed by atoms with Gasteiger partial charge in [0.1, 0.15) is 6.73 Å². The molecule has 0 saturated carbocycles. The molecule has 11 heteroatoms. The minimum Gasteiger partial charge on any atom is -0.397 e. The molecule has 2 aromatic carbocycles. The molecule has 0 aliphatic heterocycles. The fraction of sp³-hybridized carbons (Fsp3) is 0.105. The average molecular weight is 487 g/mol. The van der Waals surface area contributed by atoms with Crippen molar-refractivity contribution in [1.29, 1.82) is 0 Å². The van der Waals surface area contributed by atoms with E-state index in [1.54, 1.807) is 30.3 Å². The van der Waals surface area contributed by atoms with E-state index in [-0.39, 0.29) is 27.5 Å². The van der Waals surface area contributed by atoms with Gasteiger partial charge in [-0.2, -0.15) is 0 Å². The van der Waals surface area contributed by atoms with Crippen molar-refractivity contribution < 1.29 is 19.1 Å². The molecule has 0 spiro atoms. The number of halogens is 3. The highest BCUT2D eigenvalue weighted by Gasteiger charge is 2.25. The summed E-state index contributed by atoms with van der Waals surface area (Å²) in [7, 11) is 1.43. The second-order valence-corrected chi connectivity index (χ2v) is 7.95. The number of amides is 2. The van der Waals surface area contributed by atoms with Crippen molar-refractivity contribution in [2.24, 2.45) is 0 Å². The van der Waals surface area contributed by atoms with Gasteiger partial charge in [-0.05, 0) is 42.5 Å². The first-order valence-corrected chi connectivity index (χ1v) is 10.3. The number of carbonyl (C=O) groups excluding carboxylic acids is 2. The molecule has 0 radical (unpaired) electrons. The van der Waals surface area contributed by atoms with Crippen LogP contribution < -0.4 is 15.0 Å². The topological polar surface area (TPSA) is 80.8 Å². The number of hydrogen-bond acceptors (Lipinski definition) is 6. The Morgan fingerprint density at radius 2 is 1.80 bits per heavy atom. The average Bonchev–Trinajstić information content (AvgIpc) is 3.15. The summed E-state index contributed by atoms with van der Waals surface area (Å²) in [5.41, 5.74) is 0.728. The Balaban J connectivity index is 1.95. The van der Waals surface area contributed by atoms with Crippen LogP contribution in [-0.4, -0.2) is 30.8 Å². The number of carbonyl (C=O) groups is 2. The fourth-order valence-electron chi connectivity index (χ4n) is 2.35. The summed E-state index contributed by atoms with van der Waals surface area (Å²) in [6.45, 7) is -0.00501. The number of ether oxygens (including phenoxy) is 2. The first-order valence-electron chi connectivity index (χ1n) is 8.34. The molecule has 3 aromatic rings. The molecule has 156 valence electrons. The van der Waals surface area contributed by atoms with Crippen LogP contribution in [0.15, 0.2) is 48.7 Å². The second kappa shape index (κ2) is 10.1. The molecule has 0 unspecified atom stereocenters. The minimum atomic E-state index is -0.711. The van der Waals surface area contributed by atoms with Crippen molar-refractivity contribution in [3.8, 4) is 5.06 Å². The standard InChI is InChI=1S/C19H14Cl3N3O4S/c1-28-10-24-19(27)29-16-9-23-18(30-16)25(13-5-2-11(20)3-6-13)17(26)14-7-4-12(21)8-15(14)22/h2-9H,10H2,1H3,(H,24,27). The highest BCUT2D eigenvalue weighted by molar-refractivity contribution is 7.17. The Labute approximate surface area is 191 Å². The normalized spacial score (nSPS) is 10.5. The molecular formula is C19H14Cl3N3O4S. The smallest absolute Gasteiger partial charge is 0.397 e. The molecule has 2 amide bonds. The van der Waals surface area contributed by atoms with E-state index in [9.17, 15) is 9.59 Å². The second-order valence-electron chi connectivity index (χ2n) is 5.70. The van der Waals surface area contributed by atoms with Gasteiger partial charge in [-0.3, -0.25) is 15.0 Å². The molecule has 0 saturated heterocycles. The van der Waals surface area contributed by atoms with Gasteiger partial charge < -0.3 is 9.47 Å². The molecule has 0 bridgehead atoms. The van der Waals surface area contributed by atoms with Crippen LogP contribution in [0.25, 0.3) is 0 Å². The summed E-state index contributed by atoms with van der Waals surface area (Å²) < 4.78 is 9.90. The summed E-state index contributed by atoms with van der Waals surface area (Å²) in [4.78, 5) is 30.6. The number of thiazole rings is 1. The summed E-state index contributed by atoms with van der Waals surface area (Å²) >= 11 is 19.2. The summed E-state index contributed by atoms with van der Waals surface area (Å²) in [5.74, 6) is -0.441. The maximum absolute atomic E-state index is 13.3. The van der Waals surface area contributed by atoms with Crippen LogP contribution in [-0.2, 0) is 4.74 Å². The molecule has 3 rings (SSSR count). The van der Waals surface area contributed by atoms with Crippen molar-refractivity contribution in [3.05, 3.63) is 69.3 Å². The minimum absolute atomic E-state index is 0.00501. The van der Waals surface area contributed by atoms with Crippen molar-refractivity contribution in [2.45, 2.75) is 0 Å². The van der Waals surface area contributed by atoms with E-state index in [0.29, 0.717) is 15.7 Å². The predicted octanol–water partition coefficient (Wildman–Crippen LogP) is 5.77. The molecule has 0 atom stereocenters. The third kappa shape index (κ3) is 5.41. The Bertz CT molecular complexity index is 1060. The van der Waals surface area contributed by atoms with Crippen molar-refractivity contribution in [1.82, 2.24) is 10.3 Å². The van der Waals surface area contributed by atoms with Crippen molar-refractivity contribution in [3.63, 3.8) is 0 Å². The number of nitrogens with one attached hydrogen (secondary N) is 1. The number of methoxy groups -OCH3 is 1. The molecule has 7 nitrogen and oxygen atoms in total. The number of aromatic nitrogens is 1. The SMILES string of the molecule is COCNC(=O)Oc1cnc(N(C(=O)c2ccc(Cl)cc2Cl)c2ccc(Cl)cc2)s1. The van der Waals surface area contributed by atoms with E-state index in [1.165, 1.54) is 30.3 Å². The maximum Gasteiger partial charge on any atom is 0.415 e. The monoisotopic (exact) mass is 485 g/mol. The van der Waals surface area contributed by atoms with Crippen LogP contribution in [0.1, 0.15) is 10.4 Å². The van der Waals surface area contributed by atoms with Gasteiger partial charge in [0.25, 0.3) is 5.91 Å². The van der Waals surface area contributed by atoms with Gasteiger partial charge in [0.2, 0.25) is 10.2 Å². The quantitative estimate of drug-likeness (QED) is 0.447. The molecule has 1 heterocycles. The molecule has 1 aromatic heterocycles. The molecule has 0 fully saturated rings. The van der Waals surface area contributed by atoms with Gasteiger partial charge in [-0.15, -0.1) is 0 Å². The lowest BCUT2D eigenvalue weighted by molar-refractivity contribution is 0.0999. The van der Waals surface area contributed by atoms with Gasteiger partial charge in [-0.25, -0.2) is 9.78 Å². The highest BCUT2D eigenvalue weighted by atomic mass is 35.5. The van der Waals surface area contributed by atoms with E-state index in [4.69, 9.17) is 44.3 Å². The van der Waals surface area contributed by atoms with E-state index in [1.807, 2.05) is 0 Å². The first kappa shape index (κ1) is 22.3. The maximum atomic E-state index is 13.3.